The Morgan fingerprint density at radius 2 is 1.30 bits per heavy atom. The number of aryl methyl sites for hydroxylation is 1. The third-order valence-electron chi connectivity index (χ3n) is 3.28. The van der Waals surface area contributed by atoms with Gasteiger partial charge in [-0.1, -0.05) is 32.9 Å². The van der Waals surface area contributed by atoms with E-state index in [1.807, 2.05) is 0 Å². The van der Waals surface area contributed by atoms with Gasteiger partial charge in [0.25, 0.3) is 0 Å². The van der Waals surface area contributed by atoms with Gasteiger partial charge in [-0.3, -0.25) is 0 Å². The Balaban J connectivity index is 3.20. The maximum Gasteiger partial charge on any atom is 0.197 e. The Morgan fingerprint density at radius 1 is 0.826 bits per heavy atom. The summed E-state index contributed by atoms with van der Waals surface area (Å²) in [5.74, 6) is 0.816. The number of nitrogens with one attached hydrogen (secondary N) is 2. The van der Waals surface area contributed by atoms with E-state index in [9.17, 15) is 0 Å². The summed E-state index contributed by atoms with van der Waals surface area (Å²) >= 11 is 0. The molecule has 0 aliphatic carbocycles. The lowest BCUT2D eigenvalue weighted by molar-refractivity contribution is 0.461. The van der Waals surface area contributed by atoms with Gasteiger partial charge in [0.05, 0.1) is 5.69 Å². The molecule has 0 amide bonds. The first-order valence-electron chi connectivity index (χ1n) is 8.44. The molecule has 3 nitrogen and oxygen atoms in total. The lowest BCUT2D eigenvalue weighted by Crippen LogP contribution is -2.53. The first-order valence-corrected chi connectivity index (χ1v) is 8.44. The summed E-state index contributed by atoms with van der Waals surface area (Å²) in [7, 11) is 0. The fraction of sp³-hybridized carbons (Fsp3) is 0.650. The molecule has 0 fully saturated rings. The number of rotatable bonds is 1. The zero-order chi connectivity index (χ0) is 18.1. The number of benzene rings is 1. The number of hydrogen-bond acceptors (Lipinski definition) is 1. The molecule has 1 rings (SSSR count). The molecule has 0 unspecified atom stereocenters. The van der Waals surface area contributed by atoms with Crippen LogP contribution >= 0.6 is 0 Å². The highest BCUT2D eigenvalue weighted by Gasteiger charge is 2.19. The predicted octanol–water partition coefficient (Wildman–Crippen LogP) is 5.06. The van der Waals surface area contributed by atoms with Crippen LogP contribution in [0.3, 0.4) is 0 Å². The molecule has 1 aromatic rings. The smallest absolute Gasteiger partial charge is 0.197 e. The maximum atomic E-state index is 4.85. The fourth-order valence-electron chi connectivity index (χ4n) is 2.17. The van der Waals surface area contributed by atoms with Crippen LogP contribution in [-0.2, 0) is 5.41 Å². The van der Waals surface area contributed by atoms with Crippen molar-refractivity contribution in [2.24, 2.45) is 4.99 Å². The third kappa shape index (κ3) is 7.06. The van der Waals surface area contributed by atoms with Crippen molar-refractivity contribution >= 4 is 11.6 Å². The van der Waals surface area contributed by atoms with E-state index in [0.29, 0.717) is 0 Å². The van der Waals surface area contributed by atoms with Gasteiger partial charge in [-0.15, -0.1) is 0 Å². The Morgan fingerprint density at radius 3 is 1.65 bits per heavy atom. The van der Waals surface area contributed by atoms with Crippen LogP contribution in [-0.4, -0.2) is 17.0 Å². The monoisotopic (exact) mass is 317 g/mol. The lowest BCUT2D eigenvalue weighted by atomic mass is 9.86. The van der Waals surface area contributed by atoms with Gasteiger partial charge in [0.15, 0.2) is 5.96 Å². The SMILES string of the molecule is Cc1cc(C(C)(C)C)ccc1N=C(NC(C)(C)C)NC(C)(C)C. The number of hydrogen-bond donors (Lipinski definition) is 2. The molecule has 0 aromatic heterocycles. The average molecular weight is 318 g/mol. The van der Waals surface area contributed by atoms with E-state index < -0.39 is 0 Å². The van der Waals surface area contributed by atoms with Gasteiger partial charge in [0.2, 0.25) is 0 Å². The summed E-state index contributed by atoms with van der Waals surface area (Å²) in [5, 5.41) is 6.94. The first-order chi connectivity index (χ1) is 10.2. The minimum Gasteiger partial charge on any atom is -0.351 e. The Kier molecular flexibility index (Phi) is 5.56. The molecule has 0 atom stereocenters. The molecule has 1 aromatic carbocycles. The Hall–Kier alpha value is -1.51. The van der Waals surface area contributed by atoms with E-state index in [1.165, 1.54) is 11.1 Å². The number of guanidine groups is 1. The zero-order valence-electron chi connectivity index (χ0n) is 16.7. The van der Waals surface area contributed by atoms with Crippen LogP contribution in [0.15, 0.2) is 23.2 Å². The highest BCUT2D eigenvalue weighted by Crippen LogP contribution is 2.27. The van der Waals surface area contributed by atoms with Gasteiger partial charge >= 0.3 is 0 Å². The Labute approximate surface area is 143 Å². The third-order valence-corrected chi connectivity index (χ3v) is 3.28. The molecule has 3 heteroatoms. The molecule has 0 saturated heterocycles. The number of aliphatic imine (C=N–C) groups is 1. The van der Waals surface area contributed by atoms with E-state index >= 15 is 0 Å². The molecule has 0 aliphatic heterocycles. The summed E-state index contributed by atoms with van der Waals surface area (Å²) in [5.41, 5.74) is 3.60. The molecule has 0 saturated carbocycles. The molecule has 0 bridgehead atoms. The summed E-state index contributed by atoms with van der Waals surface area (Å²) in [6, 6.07) is 6.53. The molecular formula is C20H35N3. The van der Waals surface area contributed by atoms with Crippen LogP contribution < -0.4 is 10.6 Å². The minimum absolute atomic E-state index is 0.0453. The fourth-order valence-corrected chi connectivity index (χ4v) is 2.17. The molecule has 130 valence electrons. The Bertz CT molecular complexity index is 546. The summed E-state index contributed by atoms with van der Waals surface area (Å²) < 4.78 is 0. The van der Waals surface area contributed by atoms with Crippen LogP contribution in [0.4, 0.5) is 5.69 Å². The van der Waals surface area contributed by atoms with Crippen molar-refractivity contribution in [3.05, 3.63) is 29.3 Å². The predicted molar refractivity (Wildman–Crippen MR) is 103 cm³/mol. The van der Waals surface area contributed by atoms with Crippen molar-refractivity contribution in [1.82, 2.24) is 10.6 Å². The van der Waals surface area contributed by atoms with Crippen LogP contribution in [0.2, 0.25) is 0 Å². The average Bonchev–Trinajstić information content (AvgIpc) is 2.25. The van der Waals surface area contributed by atoms with Crippen molar-refractivity contribution in [3.63, 3.8) is 0 Å². The summed E-state index contributed by atoms with van der Waals surface area (Å²) in [6.07, 6.45) is 0. The second kappa shape index (κ2) is 6.54. The largest absolute Gasteiger partial charge is 0.351 e. The van der Waals surface area contributed by atoms with Crippen LogP contribution in [0, 0.1) is 6.92 Å². The molecular weight excluding hydrogens is 282 g/mol. The zero-order valence-corrected chi connectivity index (χ0v) is 16.7. The van der Waals surface area contributed by atoms with Crippen molar-refractivity contribution in [2.45, 2.75) is 85.7 Å². The summed E-state index contributed by atoms with van der Waals surface area (Å²) in [4.78, 5) is 4.85. The second-order valence-corrected chi connectivity index (χ2v) is 9.46. The molecule has 0 radical (unpaired) electrons. The molecule has 0 aliphatic rings. The topological polar surface area (TPSA) is 36.4 Å². The molecule has 0 spiro atoms. The van der Waals surface area contributed by atoms with Gasteiger partial charge in [0, 0.05) is 11.1 Å². The van der Waals surface area contributed by atoms with Crippen molar-refractivity contribution in [2.75, 3.05) is 0 Å². The molecule has 0 heterocycles. The van der Waals surface area contributed by atoms with E-state index in [-0.39, 0.29) is 16.5 Å². The van der Waals surface area contributed by atoms with Gasteiger partial charge in [0.1, 0.15) is 0 Å². The van der Waals surface area contributed by atoms with E-state index in [4.69, 9.17) is 4.99 Å². The van der Waals surface area contributed by atoms with Gasteiger partial charge in [-0.2, -0.15) is 0 Å². The van der Waals surface area contributed by atoms with Crippen LogP contribution in [0.5, 0.6) is 0 Å². The van der Waals surface area contributed by atoms with Crippen molar-refractivity contribution < 1.29 is 0 Å². The highest BCUT2D eigenvalue weighted by molar-refractivity contribution is 5.84. The first kappa shape index (κ1) is 19.5. The summed E-state index contributed by atoms with van der Waals surface area (Å²) in [6.45, 7) is 21.7. The van der Waals surface area contributed by atoms with Gasteiger partial charge in [-0.05, 0) is 71.1 Å². The maximum absolute atomic E-state index is 4.85. The highest BCUT2D eigenvalue weighted by atomic mass is 15.2. The normalized spacial score (nSPS) is 12.8. The lowest BCUT2D eigenvalue weighted by Gasteiger charge is -2.29. The molecule has 23 heavy (non-hydrogen) atoms. The van der Waals surface area contributed by atoms with Crippen molar-refractivity contribution in [1.29, 1.82) is 0 Å². The van der Waals surface area contributed by atoms with Gasteiger partial charge in [-0.25, -0.2) is 4.99 Å². The second-order valence-electron chi connectivity index (χ2n) is 9.46. The van der Waals surface area contributed by atoms with Crippen molar-refractivity contribution in [3.8, 4) is 0 Å². The van der Waals surface area contributed by atoms with Gasteiger partial charge < -0.3 is 10.6 Å². The number of nitrogens with zero attached hydrogens (tertiary/aromatic N) is 1. The van der Waals surface area contributed by atoms with E-state index in [1.54, 1.807) is 0 Å². The van der Waals surface area contributed by atoms with E-state index in [0.717, 1.165) is 11.6 Å². The minimum atomic E-state index is -0.0453. The molecule has 2 N–H and O–H groups in total. The van der Waals surface area contributed by atoms with Crippen LogP contribution in [0.25, 0.3) is 0 Å². The standard InChI is InChI=1S/C20H35N3/c1-14-13-15(18(2,3)4)11-12-16(14)21-17(22-19(5,6)7)23-20(8,9)10/h11-13H,1-10H3,(H2,21,22,23). The van der Waals surface area contributed by atoms with Crippen LogP contribution in [0.1, 0.15) is 73.4 Å². The quantitative estimate of drug-likeness (QED) is 0.561. The van der Waals surface area contributed by atoms with E-state index in [2.05, 4.69) is 98.1 Å².